The molecule has 0 radical (unpaired) electrons. The van der Waals surface area contributed by atoms with Crippen molar-refractivity contribution in [1.82, 2.24) is 15.2 Å². The molecule has 0 aromatic heterocycles. The minimum atomic E-state index is -1.37. The number of carbonyl (C=O) groups is 2. The molecule has 1 saturated heterocycles. The summed E-state index contributed by atoms with van der Waals surface area (Å²) < 4.78 is 11.1. The standard InChI is InChI=1S/C28H37N5O5/c1-18-15-20-16-23(37-5)24(38-6)17-22(20)25(30-33(18)27(35)29-4)19-7-9-21(10-8-19)31-11-13-32(14-12-31)26(34)28(2,3)36/h7-10,16-18,36H,11-15H2,1-6H3,(H,29,35). The van der Waals surface area contributed by atoms with E-state index in [-0.39, 0.29) is 18.0 Å². The Kier molecular flexibility index (Phi) is 7.82. The molecule has 4 rings (SSSR count). The molecule has 2 heterocycles. The van der Waals surface area contributed by atoms with Crippen molar-refractivity contribution in [3.05, 3.63) is 53.1 Å². The first-order valence-electron chi connectivity index (χ1n) is 12.8. The van der Waals surface area contributed by atoms with E-state index in [1.807, 2.05) is 43.3 Å². The van der Waals surface area contributed by atoms with Crippen LogP contribution in [-0.2, 0) is 11.2 Å². The zero-order valence-corrected chi connectivity index (χ0v) is 22.9. The van der Waals surface area contributed by atoms with Gasteiger partial charge in [-0.05, 0) is 57.0 Å². The number of ether oxygens (including phenoxy) is 2. The first-order valence-corrected chi connectivity index (χ1v) is 12.8. The van der Waals surface area contributed by atoms with Crippen LogP contribution in [0.2, 0.25) is 0 Å². The third-order valence-corrected chi connectivity index (χ3v) is 7.02. The Balaban J connectivity index is 1.65. The number of fused-ring (bicyclic) bond motifs is 1. The first-order chi connectivity index (χ1) is 18.1. The summed E-state index contributed by atoms with van der Waals surface area (Å²) in [6, 6.07) is 11.5. The van der Waals surface area contributed by atoms with E-state index in [4.69, 9.17) is 14.6 Å². The maximum absolute atomic E-state index is 12.7. The fourth-order valence-electron chi connectivity index (χ4n) is 4.93. The molecule has 1 unspecified atom stereocenters. The van der Waals surface area contributed by atoms with Crippen LogP contribution in [0.15, 0.2) is 41.5 Å². The second kappa shape index (κ2) is 10.9. The number of hydrazone groups is 1. The topological polar surface area (TPSA) is 107 Å². The summed E-state index contributed by atoms with van der Waals surface area (Å²) in [7, 11) is 4.80. The van der Waals surface area contributed by atoms with Crippen LogP contribution in [0, 0.1) is 0 Å². The van der Waals surface area contributed by atoms with Crippen molar-refractivity contribution < 1.29 is 24.2 Å². The fraction of sp³-hybridized carbons (Fsp3) is 0.464. The summed E-state index contributed by atoms with van der Waals surface area (Å²) >= 11 is 0. The van der Waals surface area contributed by atoms with Gasteiger partial charge in [0.05, 0.1) is 26.0 Å². The van der Waals surface area contributed by atoms with Gasteiger partial charge in [-0.1, -0.05) is 12.1 Å². The second-order valence-electron chi connectivity index (χ2n) is 10.2. The van der Waals surface area contributed by atoms with E-state index in [1.54, 1.807) is 26.2 Å². The molecule has 1 fully saturated rings. The number of hydrogen-bond acceptors (Lipinski definition) is 7. The van der Waals surface area contributed by atoms with Crippen LogP contribution in [0.5, 0.6) is 11.5 Å². The molecule has 2 aromatic rings. The number of hydrogen-bond donors (Lipinski definition) is 2. The van der Waals surface area contributed by atoms with Gasteiger partial charge in [0.2, 0.25) is 0 Å². The van der Waals surface area contributed by atoms with Gasteiger partial charge in [0.1, 0.15) is 5.60 Å². The number of urea groups is 1. The largest absolute Gasteiger partial charge is 0.493 e. The maximum atomic E-state index is 12.7. The minimum Gasteiger partial charge on any atom is -0.493 e. The molecule has 0 spiro atoms. The van der Waals surface area contributed by atoms with E-state index >= 15 is 0 Å². The van der Waals surface area contributed by atoms with Gasteiger partial charge in [-0.3, -0.25) is 4.79 Å². The molecule has 0 saturated carbocycles. The molecule has 2 aliphatic heterocycles. The normalized spacial score (nSPS) is 17.8. The average molecular weight is 524 g/mol. The molecule has 38 heavy (non-hydrogen) atoms. The molecule has 2 aromatic carbocycles. The van der Waals surface area contributed by atoms with E-state index < -0.39 is 5.60 Å². The molecule has 204 valence electrons. The van der Waals surface area contributed by atoms with Gasteiger partial charge in [0.15, 0.2) is 11.5 Å². The zero-order valence-electron chi connectivity index (χ0n) is 22.9. The Morgan fingerprint density at radius 2 is 1.63 bits per heavy atom. The number of benzene rings is 2. The summed E-state index contributed by atoms with van der Waals surface area (Å²) in [5.74, 6) is 0.971. The van der Waals surface area contributed by atoms with Gasteiger partial charge in [-0.2, -0.15) is 5.10 Å². The van der Waals surface area contributed by atoms with Crippen LogP contribution in [0.4, 0.5) is 10.5 Å². The molecule has 10 heteroatoms. The minimum absolute atomic E-state index is 0.175. The van der Waals surface area contributed by atoms with Crippen molar-refractivity contribution in [1.29, 1.82) is 0 Å². The highest BCUT2D eigenvalue weighted by Gasteiger charge is 2.32. The molecule has 10 nitrogen and oxygen atoms in total. The van der Waals surface area contributed by atoms with E-state index in [0.717, 1.165) is 22.4 Å². The predicted molar refractivity (Wildman–Crippen MR) is 146 cm³/mol. The summed E-state index contributed by atoms with van der Waals surface area (Å²) in [5, 5.41) is 19.1. The number of carbonyl (C=O) groups excluding carboxylic acids is 2. The number of aliphatic hydroxyl groups is 1. The summed E-state index contributed by atoms with van der Waals surface area (Å²) in [4.78, 5) is 29.0. The van der Waals surface area contributed by atoms with E-state index in [2.05, 4.69) is 10.2 Å². The van der Waals surface area contributed by atoms with Gasteiger partial charge in [0.25, 0.3) is 5.91 Å². The lowest BCUT2D eigenvalue weighted by Gasteiger charge is -2.38. The summed E-state index contributed by atoms with van der Waals surface area (Å²) in [6.07, 6.45) is 0.599. The smallest absolute Gasteiger partial charge is 0.337 e. The van der Waals surface area contributed by atoms with Crippen LogP contribution in [0.3, 0.4) is 0 Å². The molecule has 2 N–H and O–H groups in total. The van der Waals surface area contributed by atoms with Gasteiger partial charge in [-0.15, -0.1) is 0 Å². The van der Waals surface area contributed by atoms with Gasteiger partial charge in [0, 0.05) is 50.0 Å². The molecular formula is C28H37N5O5. The van der Waals surface area contributed by atoms with Crippen molar-refractivity contribution in [3.8, 4) is 11.5 Å². The Morgan fingerprint density at radius 1 is 1.03 bits per heavy atom. The highest BCUT2D eigenvalue weighted by Crippen LogP contribution is 2.35. The van der Waals surface area contributed by atoms with Crippen molar-refractivity contribution in [2.75, 3.05) is 52.3 Å². The molecule has 1 atom stereocenters. The third kappa shape index (κ3) is 5.40. The quantitative estimate of drug-likeness (QED) is 0.624. The van der Waals surface area contributed by atoms with E-state index in [9.17, 15) is 14.7 Å². The van der Waals surface area contributed by atoms with E-state index in [1.165, 1.54) is 18.9 Å². The van der Waals surface area contributed by atoms with Gasteiger partial charge < -0.3 is 29.7 Å². The van der Waals surface area contributed by atoms with Gasteiger partial charge >= 0.3 is 6.03 Å². The number of rotatable bonds is 5. The highest BCUT2D eigenvalue weighted by atomic mass is 16.5. The Bertz CT molecular complexity index is 1210. The fourth-order valence-corrected chi connectivity index (χ4v) is 4.93. The number of nitrogens with zero attached hydrogens (tertiary/aromatic N) is 4. The summed E-state index contributed by atoms with van der Waals surface area (Å²) in [6.45, 7) is 7.44. The van der Waals surface area contributed by atoms with Crippen LogP contribution in [0.1, 0.15) is 37.5 Å². The monoisotopic (exact) mass is 523 g/mol. The number of amides is 3. The van der Waals surface area contributed by atoms with Crippen molar-refractivity contribution in [3.63, 3.8) is 0 Å². The van der Waals surface area contributed by atoms with Crippen LogP contribution >= 0.6 is 0 Å². The second-order valence-corrected chi connectivity index (χ2v) is 10.2. The predicted octanol–water partition coefficient (Wildman–Crippen LogP) is 2.46. The maximum Gasteiger partial charge on any atom is 0.337 e. The van der Waals surface area contributed by atoms with E-state index in [0.29, 0.717) is 49.8 Å². The lowest BCUT2D eigenvalue weighted by molar-refractivity contribution is -0.148. The average Bonchev–Trinajstić information content (AvgIpc) is 3.06. The third-order valence-electron chi connectivity index (χ3n) is 7.02. The van der Waals surface area contributed by atoms with Crippen molar-refractivity contribution in [2.45, 2.75) is 38.8 Å². The molecule has 2 aliphatic rings. The van der Waals surface area contributed by atoms with Crippen LogP contribution in [-0.4, -0.2) is 91.8 Å². The van der Waals surface area contributed by atoms with Crippen LogP contribution in [0.25, 0.3) is 0 Å². The zero-order chi connectivity index (χ0) is 27.6. The summed E-state index contributed by atoms with van der Waals surface area (Å²) in [5.41, 5.74) is 3.08. The number of methoxy groups -OCH3 is 2. The molecular weight excluding hydrogens is 486 g/mol. The highest BCUT2D eigenvalue weighted by molar-refractivity contribution is 6.14. The van der Waals surface area contributed by atoms with Gasteiger partial charge in [-0.25, -0.2) is 9.80 Å². The number of nitrogens with one attached hydrogen (secondary N) is 1. The lowest BCUT2D eigenvalue weighted by atomic mass is 9.94. The Morgan fingerprint density at radius 3 is 2.18 bits per heavy atom. The molecule has 3 amide bonds. The Labute approximate surface area is 223 Å². The number of piperazine rings is 1. The molecule has 0 aliphatic carbocycles. The SMILES string of the molecule is CNC(=O)N1N=C(c2ccc(N3CCN(C(=O)C(C)(C)O)CC3)cc2)c2cc(OC)c(OC)cc2CC1C. The lowest BCUT2D eigenvalue weighted by Crippen LogP contribution is -2.54. The number of anilines is 1. The molecule has 0 bridgehead atoms. The van der Waals surface area contributed by atoms with Crippen molar-refractivity contribution >= 4 is 23.3 Å². The van der Waals surface area contributed by atoms with Crippen molar-refractivity contribution in [2.24, 2.45) is 5.10 Å². The first kappa shape index (κ1) is 27.3. The van der Waals surface area contributed by atoms with Crippen LogP contribution < -0.4 is 19.7 Å². The Hall–Kier alpha value is -3.79.